The molecule has 1 aromatic heterocycles. The molecule has 0 aliphatic rings. The molecule has 0 aliphatic heterocycles. The summed E-state index contributed by atoms with van der Waals surface area (Å²) in [5.41, 5.74) is 7.50. The number of amides is 1. The second-order valence-corrected chi connectivity index (χ2v) is 5.13. The van der Waals surface area contributed by atoms with Gasteiger partial charge < -0.3 is 5.73 Å². The predicted molar refractivity (Wildman–Crippen MR) is 78.3 cm³/mol. The minimum atomic E-state index is -0.340. The van der Waals surface area contributed by atoms with Gasteiger partial charge in [0.05, 0.1) is 0 Å². The molecule has 0 spiro atoms. The lowest BCUT2D eigenvalue weighted by Crippen LogP contribution is -2.16. The Morgan fingerprint density at radius 1 is 1.47 bits per heavy atom. The molecule has 98 valence electrons. The predicted octanol–water partition coefficient (Wildman–Crippen LogP) is 3.04. The standard InChI is InChI=1S/C12H10BrClN4O/c1-6-8(4-7(13)5-9(6)15)11(19)18-12-16-3-2-10(14)17-12/h2-5H,15H2,1H3,(H,16,17,18,19). The fraction of sp³-hybridized carbons (Fsp3) is 0.0833. The number of nitrogen functional groups attached to an aromatic ring is 1. The zero-order valence-corrected chi connectivity index (χ0v) is 12.3. The smallest absolute Gasteiger partial charge is 0.258 e. The molecular formula is C12H10BrClN4O. The van der Waals surface area contributed by atoms with E-state index in [0.29, 0.717) is 16.8 Å². The van der Waals surface area contributed by atoms with Crippen LogP contribution in [-0.2, 0) is 0 Å². The molecule has 2 aromatic rings. The van der Waals surface area contributed by atoms with Gasteiger partial charge in [-0.2, -0.15) is 0 Å². The van der Waals surface area contributed by atoms with Crippen molar-refractivity contribution in [3.63, 3.8) is 0 Å². The lowest BCUT2D eigenvalue weighted by atomic mass is 10.1. The van der Waals surface area contributed by atoms with Crippen LogP contribution in [0.15, 0.2) is 28.9 Å². The Labute approximate surface area is 123 Å². The molecule has 1 aromatic carbocycles. The highest BCUT2D eigenvalue weighted by atomic mass is 79.9. The zero-order chi connectivity index (χ0) is 14.0. The maximum absolute atomic E-state index is 12.1. The molecule has 7 heteroatoms. The SMILES string of the molecule is Cc1c(N)cc(Br)cc1C(=O)Nc1nccc(Cl)n1. The number of nitrogens with two attached hydrogens (primary N) is 1. The average molecular weight is 342 g/mol. The lowest BCUT2D eigenvalue weighted by Gasteiger charge is -2.09. The zero-order valence-electron chi connectivity index (χ0n) is 9.95. The minimum Gasteiger partial charge on any atom is -0.398 e. The second kappa shape index (κ2) is 5.54. The van der Waals surface area contributed by atoms with Crippen LogP contribution in [0.4, 0.5) is 11.6 Å². The van der Waals surface area contributed by atoms with Crippen molar-refractivity contribution in [3.05, 3.63) is 45.1 Å². The van der Waals surface area contributed by atoms with Crippen LogP contribution >= 0.6 is 27.5 Å². The highest BCUT2D eigenvalue weighted by molar-refractivity contribution is 9.10. The van der Waals surface area contributed by atoms with E-state index in [0.717, 1.165) is 4.47 Å². The van der Waals surface area contributed by atoms with Gasteiger partial charge in [0.25, 0.3) is 5.91 Å². The third-order valence-electron chi connectivity index (χ3n) is 2.50. The molecule has 0 atom stereocenters. The van der Waals surface area contributed by atoms with Crippen LogP contribution in [0, 0.1) is 6.92 Å². The van der Waals surface area contributed by atoms with Gasteiger partial charge in [-0.1, -0.05) is 27.5 Å². The van der Waals surface area contributed by atoms with Crippen molar-refractivity contribution in [1.29, 1.82) is 0 Å². The molecule has 0 radical (unpaired) electrons. The second-order valence-electron chi connectivity index (χ2n) is 3.82. The molecule has 1 heterocycles. The number of carbonyl (C=O) groups is 1. The highest BCUT2D eigenvalue weighted by Crippen LogP contribution is 2.23. The molecule has 0 bridgehead atoms. The minimum absolute atomic E-state index is 0.149. The van der Waals surface area contributed by atoms with Gasteiger partial charge in [-0.25, -0.2) is 9.97 Å². The summed E-state index contributed by atoms with van der Waals surface area (Å²) in [7, 11) is 0. The highest BCUT2D eigenvalue weighted by Gasteiger charge is 2.13. The summed E-state index contributed by atoms with van der Waals surface area (Å²) >= 11 is 9.03. The van der Waals surface area contributed by atoms with Crippen LogP contribution in [0.2, 0.25) is 5.15 Å². The summed E-state index contributed by atoms with van der Waals surface area (Å²) in [6.07, 6.45) is 1.47. The van der Waals surface area contributed by atoms with Crippen LogP contribution in [0.25, 0.3) is 0 Å². The number of anilines is 2. The Kier molecular flexibility index (Phi) is 4.01. The van der Waals surface area contributed by atoms with Gasteiger partial charge in [0.15, 0.2) is 0 Å². The van der Waals surface area contributed by atoms with E-state index < -0.39 is 0 Å². The Bertz CT molecular complexity index is 648. The van der Waals surface area contributed by atoms with Crippen molar-refractivity contribution in [3.8, 4) is 0 Å². The number of hydrogen-bond donors (Lipinski definition) is 2. The molecule has 0 aliphatic carbocycles. The Balaban J connectivity index is 2.30. The van der Waals surface area contributed by atoms with Gasteiger partial charge in [-0.3, -0.25) is 10.1 Å². The van der Waals surface area contributed by atoms with Gasteiger partial charge in [0.2, 0.25) is 5.95 Å². The number of carbonyl (C=O) groups excluding carboxylic acids is 1. The van der Waals surface area contributed by atoms with Gasteiger partial charge in [-0.05, 0) is 30.7 Å². The van der Waals surface area contributed by atoms with Gasteiger partial charge >= 0.3 is 0 Å². The summed E-state index contributed by atoms with van der Waals surface area (Å²) in [4.78, 5) is 19.9. The van der Waals surface area contributed by atoms with E-state index in [1.165, 1.54) is 12.3 Å². The van der Waals surface area contributed by atoms with E-state index in [1.54, 1.807) is 19.1 Å². The summed E-state index contributed by atoms with van der Waals surface area (Å²) in [6, 6.07) is 4.95. The molecule has 2 rings (SSSR count). The Hall–Kier alpha value is -1.66. The number of nitrogens with zero attached hydrogens (tertiary/aromatic N) is 2. The van der Waals surface area contributed by atoms with Crippen LogP contribution < -0.4 is 11.1 Å². The van der Waals surface area contributed by atoms with Crippen molar-refractivity contribution < 1.29 is 4.79 Å². The monoisotopic (exact) mass is 340 g/mol. The molecule has 0 saturated heterocycles. The van der Waals surface area contributed by atoms with Gasteiger partial charge in [-0.15, -0.1) is 0 Å². The van der Waals surface area contributed by atoms with Crippen molar-refractivity contribution in [1.82, 2.24) is 9.97 Å². The van der Waals surface area contributed by atoms with Crippen molar-refractivity contribution in [2.24, 2.45) is 0 Å². The summed E-state index contributed by atoms with van der Waals surface area (Å²) in [6.45, 7) is 1.77. The largest absolute Gasteiger partial charge is 0.398 e. The summed E-state index contributed by atoms with van der Waals surface area (Å²) < 4.78 is 0.729. The molecule has 0 fully saturated rings. The van der Waals surface area contributed by atoms with E-state index in [9.17, 15) is 4.79 Å². The fourth-order valence-electron chi connectivity index (χ4n) is 1.50. The number of rotatable bonds is 2. The maximum atomic E-state index is 12.1. The quantitative estimate of drug-likeness (QED) is 0.650. The average Bonchev–Trinajstić information content (AvgIpc) is 2.33. The number of hydrogen-bond acceptors (Lipinski definition) is 4. The van der Waals surface area contributed by atoms with E-state index in [4.69, 9.17) is 17.3 Å². The first-order chi connectivity index (χ1) is 8.97. The molecule has 0 unspecified atom stereocenters. The first-order valence-electron chi connectivity index (χ1n) is 5.33. The third-order valence-corrected chi connectivity index (χ3v) is 3.17. The van der Waals surface area contributed by atoms with E-state index in [-0.39, 0.29) is 17.0 Å². The van der Waals surface area contributed by atoms with Gasteiger partial charge in [0, 0.05) is 21.9 Å². The van der Waals surface area contributed by atoms with Crippen molar-refractivity contribution in [2.45, 2.75) is 6.92 Å². The topological polar surface area (TPSA) is 80.9 Å². The normalized spacial score (nSPS) is 10.3. The molecular weight excluding hydrogens is 332 g/mol. The van der Waals surface area contributed by atoms with Gasteiger partial charge in [0.1, 0.15) is 5.15 Å². The van der Waals surface area contributed by atoms with E-state index in [2.05, 4.69) is 31.2 Å². The molecule has 0 saturated carbocycles. The number of aromatic nitrogens is 2. The summed E-state index contributed by atoms with van der Waals surface area (Å²) in [5, 5.41) is 2.83. The van der Waals surface area contributed by atoms with Crippen LogP contribution in [0.3, 0.4) is 0 Å². The van der Waals surface area contributed by atoms with E-state index in [1.807, 2.05) is 0 Å². The number of halogens is 2. The molecule has 3 N–H and O–H groups in total. The third kappa shape index (κ3) is 3.21. The first kappa shape index (κ1) is 13.8. The van der Waals surface area contributed by atoms with E-state index >= 15 is 0 Å². The fourth-order valence-corrected chi connectivity index (χ4v) is 2.11. The molecule has 1 amide bonds. The maximum Gasteiger partial charge on any atom is 0.258 e. The summed E-state index contributed by atoms with van der Waals surface area (Å²) in [5.74, 6) is -0.191. The van der Waals surface area contributed by atoms with Crippen molar-refractivity contribution >= 4 is 45.1 Å². The van der Waals surface area contributed by atoms with Crippen LogP contribution in [0.1, 0.15) is 15.9 Å². The Morgan fingerprint density at radius 3 is 2.89 bits per heavy atom. The van der Waals surface area contributed by atoms with Crippen molar-refractivity contribution in [2.75, 3.05) is 11.1 Å². The number of benzene rings is 1. The first-order valence-corrected chi connectivity index (χ1v) is 6.50. The van der Waals surface area contributed by atoms with Crippen LogP contribution in [0.5, 0.6) is 0 Å². The molecule has 5 nitrogen and oxygen atoms in total. The Morgan fingerprint density at radius 2 is 2.21 bits per heavy atom. The van der Waals surface area contributed by atoms with Crippen LogP contribution in [-0.4, -0.2) is 15.9 Å². The molecule has 19 heavy (non-hydrogen) atoms. The lowest BCUT2D eigenvalue weighted by molar-refractivity contribution is 0.102. The number of nitrogens with one attached hydrogen (secondary N) is 1.